The number of hydrogen-bond donors (Lipinski definition) is 3. The predicted octanol–water partition coefficient (Wildman–Crippen LogP) is 0.816. The SMILES string of the molecule is Cc1cc(N2CCNCC2)c(O)cc1O. The zero-order valence-electron chi connectivity index (χ0n) is 8.82. The van der Waals surface area contributed by atoms with Crippen molar-refractivity contribution in [1.29, 1.82) is 0 Å². The number of aryl methyl sites for hydroxylation is 1. The monoisotopic (exact) mass is 208 g/mol. The van der Waals surface area contributed by atoms with Crippen LogP contribution in [0.2, 0.25) is 0 Å². The normalized spacial score (nSPS) is 16.7. The molecule has 82 valence electrons. The molecule has 2 rings (SSSR count). The molecule has 0 atom stereocenters. The molecule has 0 amide bonds. The van der Waals surface area contributed by atoms with E-state index < -0.39 is 0 Å². The van der Waals surface area contributed by atoms with Crippen LogP contribution in [0.1, 0.15) is 5.56 Å². The first-order chi connectivity index (χ1) is 7.18. The van der Waals surface area contributed by atoms with Gasteiger partial charge in [0.2, 0.25) is 0 Å². The quantitative estimate of drug-likeness (QED) is 0.639. The second-order valence-electron chi connectivity index (χ2n) is 3.86. The summed E-state index contributed by atoms with van der Waals surface area (Å²) < 4.78 is 0. The van der Waals surface area contributed by atoms with Gasteiger partial charge in [0.25, 0.3) is 0 Å². The van der Waals surface area contributed by atoms with E-state index in [1.54, 1.807) is 0 Å². The lowest BCUT2D eigenvalue weighted by molar-refractivity contribution is 0.445. The van der Waals surface area contributed by atoms with Crippen LogP contribution in [0.25, 0.3) is 0 Å². The number of aromatic hydroxyl groups is 2. The van der Waals surface area contributed by atoms with Gasteiger partial charge in [-0.25, -0.2) is 0 Å². The number of phenolic OH excluding ortho intramolecular Hbond substituents is 2. The lowest BCUT2D eigenvalue weighted by Gasteiger charge is -2.30. The van der Waals surface area contributed by atoms with E-state index in [1.165, 1.54) is 6.07 Å². The van der Waals surface area contributed by atoms with Crippen molar-refractivity contribution < 1.29 is 10.2 Å². The highest BCUT2D eigenvalue weighted by Gasteiger charge is 2.15. The number of benzene rings is 1. The maximum atomic E-state index is 9.75. The molecule has 0 saturated carbocycles. The fourth-order valence-corrected chi connectivity index (χ4v) is 1.83. The van der Waals surface area contributed by atoms with Crippen LogP contribution in [0.3, 0.4) is 0 Å². The van der Waals surface area contributed by atoms with Crippen molar-refractivity contribution in [2.45, 2.75) is 6.92 Å². The van der Waals surface area contributed by atoms with Gasteiger partial charge >= 0.3 is 0 Å². The third-order valence-corrected chi connectivity index (χ3v) is 2.75. The van der Waals surface area contributed by atoms with Gasteiger partial charge < -0.3 is 20.4 Å². The van der Waals surface area contributed by atoms with E-state index >= 15 is 0 Å². The third kappa shape index (κ3) is 1.99. The van der Waals surface area contributed by atoms with Gasteiger partial charge in [0.15, 0.2) is 0 Å². The first kappa shape index (κ1) is 10.1. The summed E-state index contributed by atoms with van der Waals surface area (Å²) in [5.41, 5.74) is 1.60. The molecular formula is C11H16N2O2. The fraction of sp³-hybridized carbons (Fsp3) is 0.455. The lowest BCUT2D eigenvalue weighted by atomic mass is 10.1. The number of hydrogen-bond acceptors (Lipinski definition) is 4. The van der Waals surface area contributed by atoms with Gasteiger partial charge in [-0.05, 0) is 18.6 Å². The van der Waals surface area contributed by atoms with E-state index in [-0.39, 0.29) is 11.5 Å². The van der Waals surface area contributed by atoms with Crippen LogP contribution < -0.4 is 10.2 Å². The van der Waals surface area contributed by atoms with Crippen LogP contribution in [0.4, 0.5) is 5.69 Å². The first-order valence-corrected chi connectivity index (χ1v) is 5.17. The highest BCUT2D eigenvalue weighted by Crippen LogP contribution is 2.33. The Morgan fingerprint density at radius 3 is 2.47 bits per heavy atom. The number of piperazine rings is 1. The molecule has 15 heavy (non-hydrogen) atoms. The van der Waals surface area contributed by atoms with E-state index in [1.807, 2.05) is 13.0 Å². The van der Waals surface area contributed by atoms with Gasteiger partial charge in [0.05, 0.1) is 5.69 Å². The minimum atomic E-state index is 0.145. The number of phenols is 2. The number of nitrogens with one attached hydrogen (secondary N) is 1. The molecule has 1 aromatic carbocycles. The van der Waals surface area contributed by atoms with E-state index in [0.29, 0.717) is 0 Å². The predicted molar refractivity (Wildman–Crippen MR) is 59.6 cm³/mol. The van der Waals surface area contributed by atoms with Crippen LogP contribution in [0, 0.1) is 6.92 Å². The molecule has 4 nitrogen and oxygen atoms in total. The highest BCUT2D eigenvalue weighted by atomic mass is 16.3. The van der Waals surface area contributed by atoms with Gasteiger partial charge in [0, 0.05) is 32.2 Å². The summed E-state index contributed by atoms with van der Waals surface area (Å²) in [6, 6.07) is 3.24. The minimum absolute atomic E-state index is 0.145. The van der Waals surface area contributed by atoms with Crippen molar-refractivity contribution in [3.63, 3.8) is 0 Å². The van der Waals surface area contributed by atoms with E-state index in [9.17, 15) is 10.2 Å². The molecule has 1 heterocycles. The summed E-state index contributed by atoms with van der Waals surface area (Å²) in [5, 5.41) is 22.4. The molecule has 0 aliphatic carbocycles. The standard InChI is InChI=1S/C11H16N2O2/c1-8-6-9(11(15)7-10(8)14)13-4-2-12-3-5-13/h6-7,12,14-15H,2-5H2,1H3. The van der Waals surface area contributed by atoms with Gasteiger partial charge in [-0.3, -0.25) is 0 Å². The zero-order valence-corrected chi connectivity index (χ0v) is 8.82. The Labute approximate surface area is 89.1 Å². The number of anilines is 1. The van der Waals surface area contributed by atoms with Crippen molar-refractivity contribution in [2.75, 3.05) is 31.1 Å². The second-order valence-corrected chi connectivity index (χ2v) is 3.86. The average Bonchev–Trinajstić information content (AvgIpc) is 2.25. The zero-order chi connectivity index (χ0) is 10.8. The van der Waals surface area contributed by atoms with Crippen molar-refractivity contribution in [3.8, 4) is 11.5 Å². The summed E-state index contributed by atoms with van der Waals surface area (Å²) in [6.07, 6.45) is 0. The third-order valence-electron chi connectivity index (χ3n) is 2.75. The molecule has 0 aromatic heterocycles. The van der Waals surface area contributed by atoms with Crippen LogP contribution in [-0.2, 0) is 0 Å². The van der Waals surface area contributed by atoms with Crippen LogP contribution in [0.15, 0.2) is 12.1 Å². The van der Waals surface area contributed by atoms with Crippen LogP contribution in [-0.4, -0.2) is 36.4 Å². The molecule has 0 spiro atoms. The number of nitrogens with zero attached hydrogens (tertiary/aromatic N) is 1. The Hall–Kier alpha value is -1.42. The molecule has 0 unspecified atom stereocenters. The van der Waals surface area contributed by atoms with E-state index in [4.69, 9.17) is 0 Å². The molecule has 1 aliphatic rings. The summed E-state index contributed by atoms with van der Waals surface area (Å²) in [4.78, 5) is 2.12. The Morgan fingerprint density at radius 1 is 1.13 bits per heavy atom. The number of rotatable bonds is 1. The minimum Gasteiger partial charge on any atom is -0.508 e. The van der Waals surface area contributed by atoms with E-state index in [2.05, 4.69) is 10.2 Å². The molecule has 0 radical (unpaired) electrons. The molecule has 1 aliphatic heterocycles. The van der Waals surface area contributed by atoms with Gasteiger partial charge in [0.1, 0.15) is 11.5 Å². The molecule has 3 N–H and O–H groups in total. The van der Waals surface area contributed by atoms with Crippen molar-refractivity contribution in [1.82, 2.24) is 5.32 Å². The topological polar surface area (TPSA) is 55.7 Å². The molecule has 4 heteroatoms. The summed E-state index contributed by atoms with van der Waals surface area (Å²) in [7, 11) is 0. The summed E-state index contributed by atoms with van der Waals surface area (Å²) in [6.45, 7) is 5.47. The fourth-order valence-electron chi connectivity index (χ4n) is 1.83. The average molecular weight is 208 g/mol. The van der Waals surface area contributed by atoms with Gasteiger partial charge in [-0.1, -0.05) is 0 Å². The Morgan fingerprint density at radius 2 is 1.80 bits per heavy atom. The molecule has 1 fully saturated rings. The maximum Gasteiger partial charge on any atom is 0.142 e. The van der Waals surface area contributed by atoms with Crippen molar-refractivity contribution in [3.05, 3.63) is 17.7 Å². The summed E-state index contributed by atoms with van der Waals surface area (Å²) in [5.74, 6) is 0.298. The van der Waals surface area contributed by atoms with Crippen LogP contribution in [0.5, 0.6) is 11.5 Å². The molecule has 1 saturated heterocycles. The maximum absolute atomic E-state index is 9.75. The first-order valence-electron chi connectivity index (χ1n) is 5.17. The van der Waals surface area contributed by atoms with Gasteiger partial charge in [-0.15, -0.1) is 0 Å². The Bertz CT molecular complexity index is 360. The molecule has 1 aromatic rings. The van der Waals surface area contributed by atoms with Crippen molar-refractivity contribution in [2.24, 2.45) is 0 Å². The molecular weight excluding hydrogens is 192 g/mol. The Kier molecular flexibility index (Phi) is 2.68. The van der Waals surface area contributed by atoms with Crippen molar-refractivity contribution >= 4 is 5.69 Å². The lowest BCUT2D eigenvalue weighted by Crippen LogP contribution is -2.43. The molecule has 0 bridgehead atoms. The second kappa shape index (κ2) is 3.98. The van der Waals surface area contributed by atoms with E-state index in [0.717, 1.165) is 37.4 Å². The smallest absolute Gasteiger partial charge is 0.142 e. The van der Waals surface area contributed by atoms with Crippen LogP contribution >= 0.6 is 0 Å². The summed E-state index contributed by atoms with van der Waals surface area (Å²) >= 11 is 0. The van der Waals surface area contributed by atoms with Gasteiger partial charge in [-0.2, -0.15) is 0 Å². The largest absolute Gasteiger partial charge is 0.508 e. The highest BCUT2D eigenvalue weighted by molar-refractivity contribution is 5.62. The Balaban J connectivity index is 2.30.